The van der Waals surface area contributed by atoms with Gasteiger partial charge in [-0.1, -0.05) is 28.9 Å². The molecule has 1 aliphatic rings. The first kappa shape index (κ1) is 18.1. The van der Waals surface area contributed by atoms with Crippen LogP contribution in [-0.2, 0) is 11.3 Å². The minimum absolute atomic E-state index is 0.0871. The number of amides is 1. The molecule has 2 aromatic carbocycles. The van der Waals surface area contributed by atoms with Gasteiger partial charge in [0.15, 0.2) is 0 Å². The number of hydrogen-bond acceptors (Lipinski definition) is 5. The van der Waals surface area contributed by atoms with E-state index in [4.69, 9.17) is 16.1 Å². The van der Waals surface area contributed by atoms with Crippen molar-refractivity contribution in [2.75, 3.05) is 6.26 Å². The Labute approximate surface area is 166 Å². The molecule has 3 aromatic rings. The highest BCUT2D eigenvalue weighted by Gasteiger charge is 2.36. The van der Waals surface area contributed by atoms with Crippen molar-refractivity contribution in [3.8, 4) is 11.4 Å². The minimum Gasteiger partial charge on any atom is -0.337 e. The number of benzene rings is 2. The molecule has 1 atom stereocenters. The van der Waals surface area contributed by atoms with Crippen LogP contribution in [0, 0.1) is 0 Å². The van der Waals surface area contributed by atoms with Crippen molar-refractivity contribution in [3.05, 3.63) is 65.0 Å². The summed E-state index contributed by atoms with van der Waals surface area (Å²) in [5, 5.41) is 4.77. The maximum atomic E-state index is 12.4. The van der Waals surface area contributed by atoms with Gasteiger partial charge in [-0.3, -0.25) is 4.79 Å². The van der Waals surface area contributed by atoms with Crippen molar-refractivity contribution in [2.45, 2.75) is 30.3 Å². The van der Waals surface area contributed by atoms with Crippen LogP contribution in [-0.4, -0.2) is 27.2 Å². The monoisotopic (exact) mass is 399 g/mol. The quantitative estimate of drug-likeness (QED) is 0.566. The standard InChI is InChI=1S/C20H18ClN3O2S/c1-27-16-7-5-14(6-8-16)19-22-20(26-23-19)17-9-10-18(25)24(17)12-13-3-2-4-15(21)11-13/h2-8,11,17H,9-10,12H2,1H3. The van der Waals surface area contributed by atoms with Gasteiger partial charge in [0.05, 0.1) is 0 Å². The van der Waals surface area contributed by atoms with Gasteiger partial charge in [-0.2, -0.15) is 4.98 Å². The molecule has 2 heterocycles. The molecule has 1 aliphatic heterocycles. The summed E-state index contributed by atoms with van der Waals surface area (Å²) in [4.78, 5) is 19.9. The molecule has 1 unspecified atom stereocenters. The predicted molar refractivity (Wildman–Crippen MR) is 105 cm³/mol. The molecule has 1 aromatic heterocycles. The fraction of sp³-hybridized carbons (Fsp3) is 0.250. The maximum Gasteiger partial charge on any atom is 0.249 e. The molecule has 1 amide bonds. The molecule has 0 aliphatic carbocycles. The summed E-state index contributed by atoms with van der Waals surface area (Å²) in [6.45, 7) is 0.476. The fourth-order valence-electron chi connectivity index (χ4n) is 3.25. The van der Waals surface area contributed by atoms with Crippen LogP contribution in [0.25, 0.3) is 11.4 Å². The van der Waals surface area contributed by atoms with Gasteiger partial charge in [0, 0.05) is 28.4 Å². The van der Waals surface area contributed by atoms with Crippen LogP contribution in [0.4, 0.5) is 0 Å². The molecular formula is C20H18ClN3O2S. The van der Waals surface area contributed by atoms with Crippen LogP contribution in [0.3, 0.4) is 0 Å². The summed E-state index contributed by atoms with van der Waals surface area (Å²) in [7, 11) is 0. The van der Waals surface area contributed by atoms with E-state index < -0.39 is 0 Å². The average Bonchev–Trinajstić information content (AvgIpc) is 3.30. The molecule has 0 radical (unpaired) electrons. The number of rotatable bonds is 5. The number of carbonyl (C=O) groups excluding carboxylic acids is 1. The molecule has 0 saturated carbocycles. The smallest absolute Gasteiger partial charge is 0.249 e. The summed E-state index contributed by atoms with van der Waals surface area (Å²) < 4.78 is 5.51. The first-order valence-electron chi connectivity index (χ1n) is 8.66. The van der Waals surface area contributed by atoms with Crippen molar-refractivity contribution in [1.82, 2.24) is 15.0 Å². The Kier molecular flexibility index (Phi) is 5.18. The van der Waals surface area contributed by atoms with Crippen molar-refractivity contribution in [2.24, 2.45) is 0 Å². The van der Waals surface area contributed by atoms with Gasteiger partial charge in [-0.15, -0.1) is 11.8 Å². The first-order chi connectivity index (χ1) is 13.1. The Bertz CT molecular complexity index is 958. The summed E-state index contributed by atoms with van der Waals surface area (Å²) in [5.74, 6) is 1.11. The highest BCUT2D eigenvalue weighted by atomic mass is 35.5. The third kappa shape index (κ3) is 3.87. The van der Waals surface area contributed by atoms with Gasteiger partial charge in [0.25, 0.3) is 0 Å². The van der Waals surface area contributed by atoms with Crippen LogP contribution in [0.15, 0.2) is 57.9 Å². The largest absolute Gasteiger partial charge is 0.337 e. The van der Waals surface area contributed by atoms with Crippen LogP contribution < -0.4 is 0 Å². The van der Waals surface area contributed by atoms with Crippen LogP contribution in [0.2, 0.25) is 5.02 Å². The van der Waals surface area contributed by atoms with Crippen LogP contribution in [0.5, 0.6) is 0 Å². The zero-order chi connectivity index (χ0) is 18.8. The van der Waals surface area contributed by atoms with E-state index in [1.54, 1.807) is 16.7 Å². The van der Waals surface area contributed by atoms with Crippen molar-refractivity contribution < 1.29 is 9.32 Å². The zero-order valence-electron chi connectivity index (χ0n) is 14.8. The van der Waals surface area contributed by atoms with Gasteiger partial charge in [-0.05, 0) is 54.6 Å². The Morgan fingerprint density at radius 2 is 2.07 bits per heavy atom. The van der Waals surface area contributed by atoms with E-state index in [0.717, 1.165) is 11.1 Å². The van der Waals surface area contributed by atoms with E-state index >= 15 is 0 Å². The molecule has 0 bridgehead atoms. The van der Waals surface area contributed by atoms with Gasteiger partial charge in [0.1, 0.15) is 6.04 Å². The lowest BCUT2D eigenvalue weighted by Crippen LogP contribution is -2.27. The third-order valence-electron chi connectivity index (χ3n) is 4.65. The Hall–Kier alpha value is -2.31. The topological polar surface area (TPSA) is 59.2 Å². The molecule has 1 saturated heterocycles. The average molecular weight is 400 g/mol. The molecular weight excluding hydrogens is 382 g/mol. The summed E-state index contributed by atoms with van der Waals surface area (Å²) in [6, 6.07) is 15.3. The lowest BCUT2D eigenvalue weighted by Gasteiger charge is -2.22. The number of hydrogen-bond donors (Lipinski definition) is 0. The summed E-state index contributed by atoms with van der Waals surface area (Å²) >= 11 is 7.75. The number of likely N-dealkylation sites (tertiary alicyclic amines) is 1. The molecule has 5 nitrogen and oxygen atoms in total. The second kappa shape index (κ2) is 7.74. The third-order valence-corrected chi connectivity index (χ3v) is 5.62. The summed E-state index contributed by atoms with van der Waals surface area (Å²) in [5.41, 5.74) is 1.88. The molecule has 1 fully saturated rings. The minimum atomic E-state index is -0.205. The van der Waals surface area contributed by atoms with Gasteiger partial charge in [0.2, 0.25) is 17.6 Å². The van der Waals surface area contributed by atoms with Crippen molar-refractivity contribution in [1.29, 1.82) is 0 Å². The molecule has 4 rings (SSSR count). The van der Waals surface area contributed by atoms with Gasteiger partial charge >= 0.3 is 0 Å². The predicted octanol–water partition coefficient (Wildman–Crippen LogP) is 4.98. The van der Waals surface area contributed by atoms with Crippen LogP contribution >= 0.6 is 23.4 Å². The number of thioether (sulfide) groups is 1. The zero-order valence-corrected chi connectivity index (χ0v) is 16.3. The molecule has 7 heteroatoms. The van der Waals surface area contributed by atoms with Crippen molar-refractivity contribution in [3.63, 3.8) is 0 Å². The van der Waals surface area contributed by atoms with E-state index in [0.29, 0.717) is 36.1 Å². The molecule has 0 N–H and O–H groups in total. The second-order valence-corrected chi connectivity index (χ2v) is 7.71. The highest BCUT2D eigenvalue weighted by Crippen LogP contribution is 2.34. The Balaban J connectivity index is 1.56. The van der Waals surface area contributed by atoms with E-state index in [9.17, 15) is 4.79 Å². The van der Waals surface area contributed by atoms with E-state index in [1.807, 2.05) is 54.8 Å². The van der Waals surface area contributed by atoms with E-state index in [2.05, 4.69) is 10.1 Å². The van der Waals surface area contributed by atoms with Gasteiger partial charge in [-0.25, -0.2) is 0 Å². The van der Waals surface area contributed by atoms with Gasteiger partial charge < -0.3 is 9.42 Å². The van der Waals surface area contributed by atoms with E-state index in [-0.39, 0.29) is 11.9 Å². The van der Waals surface area contributed by atoms with Crippen LogP contribution in [0.1, 0.15) is 30.3 Å². The Morgan fingerprint density at radius 1 is 1.26 bits per heavy atom. The first-order valence-corrected chi connectivity index (χ1v) is 10.3. The second-order valence-electron chi connectivity index (χ2n) is 6.39. The lowest BCUT2D eigenvalue weighted by atomic mass is 10.1. The van der Waals surface area contributed by atoms with Crippen molar-refractivity contribution >= 4 is 29.3 Å². The number of aromatic nitrogens is 2. The maximum absolute atomic E-state index is 12.4. The highest BCUT2D eigenvalue weighted by molar-refractivity contribution is 7.98. The van der Waals surface area contributed by atoms with E-state index in [1.165, 1.54) is 4.90 Å². The SMILES string of the molecule is CSc1ccc(-c2noc(C3CCC(=O)N3Cc3cccc(Cl)c3)n2)cc1. The molecule has 138 valence electrons. The molecule has 27 heavy (non-hydrogen) atoms. The number of nitrogens with zero attached hydrogens (tertiary/aromatic N) is 3. The number of carbonyl (C=O) groups is 1. The Morgan fingerprint density at radius 3 is 2.81 bits per heavy atom. The fourth-order valence-corrected chi connectivity index (χ4v) is 3.87. The lowest BCUT2D eigenvalue weighted by molar-refractivity contribution is -0.129. The summed E-state index contributed by atoms with van der Waals surface area (Å²) in [6.07, 6.45) is 3.19. The molecule has 0 spiro atoms. The normalized spacial score (nSPS) is 16.9. The number of halogens is 1.